The first-order valence-corrected chi connectivity index (χ1v) is 4.27. The minimum atomic E-state index is -0.380. The van der Waals surface area contributed by atoms with Gasteiger partial charge in [0.1, 0.15) is 6.67 Å². The van der Waals surface area contributed by atoms with Crippen LogP contribution in [0.15, 0.2) is 29.3 Å². The Kier molecular flexibility index (Phi) is 2.18. The zero-order valence-electron chi connectivity index (χ0n) is 7.80. The molecule has 0 fully saturated rings. The van der Waals surface area contributed by atoms with Crippen LogP contribution in [0.25, 0.3) is 0 Å². The van der Waals surface area contributed by atoms with E-state index in [1.165, 1.54) is 12.0 Å². The predicted molar refractivity (Wildman–Crippen MR) is 53.8 cm³/mol. The Labute approximate surface area is 81.8 Å². The van der Waals surface area contributed by atoms with Gasteiger partial charge in [0.2, 0.25) is 0 Å². The molecule has 0 aromatic heterocycles. The standard InChI is InChI=1S/C10H10N2O2/c1-14-10(13)12-7-11-6-8-4-2-3-5-9(8)12/h2-6H,7H2,1H3. The molecule has 2 rings (SSSR count). The van der Waals surface area contributed by atoms with Gasteiger partial charge in [-0.15, -0.1) is 0 Å². The summed E-state index contributed by atoms with van der Waals surface area (Å²) in [6.07, 6.45) is 1.38. The third-order valence-electron chi connectivity index (χ3n) is 2.08. The van der Waals surface area contributed by atoms with Crippen LogP contribution in [0.5, 0.6) is 0 Å². The van der Waals surface area contributed by atoms with E-state index >= 15 is 0 Å². The molecule has 14 heavy (non-hydrogen) atoms. The van der Waals surface area contributed by atoms with E-state index in [0.29, 0.717) is 6.67 Å². The van der Waals surface area contributed by atoms with E-state index < -0.39 is 0 Å². The fourth-order valence-corrected chi connectivity index (χ4v) is 1.41. The van der Waals surface area contributed by atoms with Crippen LogP contribution in [0.1, 0.15) is 5.56 Å². The number of aliphatic imine (C=N–C) groups is 1. The summed E-state index contributed by atoms with van der Waals surface area (Å²) < 4.78 is 4.66. The maximum Gasteiger partial charge on any atom is 0.415 e. The Balaban J connectivity index is 2.40. The highest BCUT2D eigenvalue weighted by molar-refractivity contribution is 5.98. The zero-order valence-corrected chi connectivity index (χ0v) is 7.80. The fourth-order valence-electron chi connectivity index (χ4n) is 1.41. The Morgan fingerprint density at radius 1 is 1.50 bits per heavy atom. The molecule has 0 saturated heterocycles. The lowest BCUT2D eigenvalue weighted by Crippen LogP contribution is -2.33. The summed E-state index contributed by atoms with van der Waals surface area (Å²) in [5.74, 6) is 0. The first-order valence-electron chi connectivity index (χ1n) is 4.27. The fraction of sp³-hybridized carbons (Fsp3) is 0.200. The largest absolute Gasteiger partial charge is 0.452 e. The van der Waals surface area contributed by atoms with E-state index in [1.54, 1.807) is 6.21 Å². The highest BCUT2D eigenvalue weighted by atomic mass is 16.5. The van der Waals surface area contributed by atoms with Crippen molar-refractivity contribution in [2.75, 3.05) is 18.7 Å². The molecule has 72 valence electrons. The molecule has 0 N–H and O–H groups in total. The van der Waals surface area contributed by atoms with Crippen molar-refractivity contribution in [2.24, 2.45) is 4.99 Å². The smallest absolute Gasteiger partial charge is 0.415 e. The normalized spacial score (nSPS) is 13.6. The molecule has 1 aromatic rings. The zero-order chi connectivity index (χ0) is 9.97. The Hall–Kier alpha value is -1.84. The van der Waals surface area contributed by atoms with E-state index in [0.717, 1.165) is 11.3 Å². The third-order valence-corrected chi connectivity index (χ3v) is 2.08. The second-order valence-electron chi connectivity index (χ2n) is 2.91. The van der Waals surface area contributed by atoms with Crippen molar-refractivity contribution in [2.45, 2.75) is 0 Å². The second-order valence-corrected chi connectivity index (χ2v) is 2.91. The molecular formula is C10H10N2O2. The number of benzene rings is 1. The van der Waals surface area contributed by atoms with E-state index in [4.69, 9.17) is 0 Å². The summed E-state index contributed by atoms with van der Waals surface area (Å²) in [4.78, 5) is 16.9. The summed E-state index contributed by atoms with van der Waals surface area (Å²) in [5, 5.41) is 0. The van der Waals surface area contributed by atoms with Crippen LogP contribution in [0.2, 0.25) is 0 Å². The number of ether oxygens (including phenoxy) is 1. The van der Waals surface area contributed by atoms with Crippen LogP contribution in [-0.2, 0) is 4.74 Å². The van der Waals surface area contributed by atoms with Crippen molar-refractivity contribution < 1.29 is 9.53 Å². The van der Waals surface area contributed by atoms with Crippen molar-refractivity contribution in [3.05, 3.63) is 29.8 Å². The number of nitrogens with zero attached hydrogens (tertiary/aromatic N) is 2. The van der Waals surface area contributed by atoms with Gasteiger partial charge < -0.3 is 4.74 Å². The molecular weight excluding hydrogens is 180 g/mol. The topological polar surface area (TPSA) is 41.9 Å². The monoisotopic (exact) mass is 190 g/mol. The molecule has 4 nitrogen and oxygen atoms in total. The number of carbonyl (C=O) groups excluding carboxylic acids is 1. The predicted octanol–water partition coefficient (Wildman–Crippen LogP) is 1.65. The van der Waals surface area contributed by atoms with E-state index in [9.17, 15) is 4.79 Å². The minimum Gasteiger partial charge on any atom is -0.452 e. The maximum atomic E-state index is 11.4. The number of hydrogen-bond donors (Lipinski definition) is 0. The quantitative estimate of drug-likeness (QED) is 0.624. The molecule has 0 unspecified atom stereocenters. The average molecular weight is 190 g/mol. The molecule has 1 aliphatic heterocycles. The Morgan fingerprint density at radius 3 is 3.07 bits per heavy atom. The molecule has 1 heterocycles. The van der Waals surface area contributed by atoms with Crippen molar-refractivity contribution >= 4 is 18.0 Å². The number of methoxy groups -OCH3 is 1. The van der Waals surface area contributed by atoms with Gasteiger partial charge in [-0.2, -0.15) is 0 Å². The molecule has 0 bridgehead atoms. The van der Waals surface area contributed by atoms with Crippen LogP contribution in [0, 0.1) is 0 Å². The molecule has 1 aromatic carbocycles. The van der Waals surface area contributed by atoms with Gasteiger partial charge in [-0.1, -0.05) is 18.2 Å². The van der Waals surface area contributed by atoms with Gasteiger partial charge >= 0.3 is 6.09 Å². The summed E-state index contributed by atoms with van der Waals surface area (Å²) in [5.41, 5.74) is 1.78. The number of hydrogen-bond acceptors (Lipinski definition) is 3. The van der Waals surface area contributed by atoms with Gasteiger partial charge in [-0.25, -0.2) is 4.79 Å². The molecule has 0 radical (unpaired) electrons. The lowest BCUT2D eigenvalue weighted by atomic mass is 10.1. The minimum absolute atomic E-state index is 0.323. The van der Waals surface area contributed by atoms with E-state index in [-0.39, 0.29) is 6.09 Å². The first kappa shape index (κ1) is 8.74. The van der Waals surface area contributed by atoms with Crippen molar-refractivity contribution in [1.29, 1.82) is 0 Å². The van der Waals surface area contributed by atoms with Crippen LogP contribution >= 0.6 is 0 Å². The molecule has 0 aliphatic carbocycles. The first-order chi connectivity index (χ1) is 6.83. The van der Waals surface area contributed by atoms with E-state index in [1.807, 2.05) is 24.3 Å². The van der Waals surface area contributed by atoms with Gasteiger partial charge in [-0.3, -0.25) is 9.89 Å². The number of amides is 1. The summed E-state index contributed by atoms with van der Waals surface area (Å²) in [6, 6.07) is 7.57. The summed E-state index contributed by atoms with van der Waals surface area (Å²) >= 11 is 0. The second kappa shape index (κ2) is 3.49. The Morgan fingerprint density at radius 2 is 2.29 bits per heavy atom. The number of carbonyl (C=O) groups is 1. The Bertz CT molecular complexity index is 387. The molecule has 0 atom stereocenters. The number of rotatable bonds is 0. The van der Waals surface area contributed by atoms with Crippen LogP contribution in [-0.4, -0.2) is 26.1 Å². The molecule has 0 spiro atoms. The van der Waals surface area contributed by atoms with Gasteiger partial charge in [-0.05, 0) is 6.07 Å². The number of para-hydroxylation sites is 1. The van der Waals surface area contributed by atoms with Crippen molar-refractivity contribution in [3.8, 4) is 0 Å². The highest BCUT2D eigenvalue weighted by Crippen LogP contribution is 2.22. The van der Waals surface area contributed by atoms with E-state index in [2.05, 4.69) is 9.73 Å². The van der Waals surface area contributed by atoms with Gasteiger partial charge in [0, 0.05) is 11.8 Å². The van der Waals surface area contributed by atoms with Crippen LogP contribution in [0.3, 0.4) is 0 Å². The number of fused-ring (bicyclic) bond motifs is 1. The SMILES string of the molecule is COC(=O)N1CN=Cc2ccccc21. The van der Waals surface area contributed by atoms with Crippen molar-refractivity contribution in [3.63, 3.8) is 0 Å². The average Bonchev–Trinajstić information content (AvgIpc) is 2.27. The summed E-state index contributed by atoms with van der Waals surface area (Å²) in [6.45, 7) is 0.323. The molecule has 1 amide bonds. The lowest BCUT2D eigenvalue weighted by Gasteiger charge is -2.23. The van der Waals surface area contributed by atoms with Crippen molar-refractivity contribution in [1.82, 2.24) is 0 Å². The van der Waals surface area contributed by atoms with Crippen LogP contribution < -0.4 is 4.90 Å². The molecule has 0 saturated carbocycles. The highest BCUT2D eigenvalue weighted by Gasteiger charge is 2.19. The lowest BCUT2D eigenvalue weighted by molar-refractivity contribution is 0.179. The summed E-state index contributed by atoms with van der Waals surface area (Å²) in [7, 11) is 1.36. The van der Waals surface area contributed by atoms with Gasteiger partial charge in [0.05, 0.1) is 12.8 Å². The number of anilines is 1. The third kappa shape index (κ3) is 1.35. The molecule has 1 aliphatic rings. The van der Waals surface area contributed by atoms with Gasteiger partial charge in [0.15, 0.2) is 0 Å². The van der Waals surface area contributed by atoms with Crippen LogP contribution in [0.4, 0.5) is 10.5 Å². The van der Waals surface area contributed by atoms with Gasteiger partial charge in [0.25, 0.3) is 0 Å². The maximum absolute atomic E-state index is 11.4. The molecule has 4 heteroatoms.